The number of rotatable bonds is 5. The standard InChI is InChI=1S/C21H17N7O/c29-21(19-9-14(6-7-24-19)16-10-22-12-23-11-16)26-17-3-1-2-15(8-17)20-27-25-13-28(20)18-4-5-18/h1-3,6-13,18H,4-5H2,(H,26,29). The summed E-state index contributed by atoms with van der Waals surface area (Å²) in [6.45, 7) is 0. The topological polar surface area (TPSA) is 98.5 Å². The summed E-state index contributed by atoms with van der Waals surface area (Å²) in [5.74, 6) is 0.525. The Balaban J connectivity index is 1.38. The molecule has 5 rings (SSSR count). The number of benzene rings is 1. The van der Waals surface area contributed by atoms with Gasteiger partial charge >= 0.3 is 0 Å². The highest BCUT2D eigenvalue weighted by atomic mass is 16.1. The van der Waals surface area contributed by atoms with Crippen molar-refractivity contribution in [3.63, 3.8) is 0 Å². The molecular weight excluding hydrogens is 366 g/mol. The molecule has 0 saturated heterocycles. The van der Waals surface area contributed by atoms with Crippen molar-refractivity contribution in [2.75, 3.05) is 5.32 Å². The summed E-state index contributed by atoms with van der Waals surface area (Å²) < 4.78 is 2.09. The average molecular weight is 383 g/mol. The quantitative estimate of drug-likeness (QED) is 0.567. The molecule has 0 bridgehead atoms. The van der Waals surface area contributed by atoms with E-state index in [1.807, 2.05) is 30.3 Å². The molecule has 8 heteroatoms. The van der Waals surface area contributed by atoms with Crippen LogP contribution in [0.25, 0.3) is 22.5 Å². The Morgan fingerprint density at radius 3 is 2.72 bits per heavy atom. The molecule has 1 aliphatic carbocycles. The first-order valence-electron chi connectivity index (χ1n) is 9.31. The lowest BCUT2D eigenvalue weighted by atomic mass is 10.1. The zero-order valence-corrected chi connectivity index (χ0v) is 15.4. The fourth-order valence-electron chi connectivity index (χ4n) is 3.18. The van der Waals surface area contributed by atoms with Gasteiger partial charge in [0.25, 0.3) is 5.91 Å². The molecule has 0 spiro atoms. The number of aromatic nitrogens is 6. The summed E-state index contributed by atoms with van der Waals surface area (Å²) in [5, 5.41) is 11.2. The third-order valence-corrected chi connectivity index (χ3v) is 4.78. The molecular formula is C21H17N7O. The van der Waals surface area contributed by atoms with Crippen LogP contribution in [-0.2, 0) is 0 Å². The van der Waals surface area contributed by atoms with E-state index < -0.39 is 0 Å². The van der Waals surface area contributed by atoms with Crippen LogP contribution in [0.2, 0.25) is 0 Å². The number of hydrogen-bond donors (Lipinski definition) is 1. The van der Waals surface area contributed by atoms with Crippen molar-refractivity contribution in [3.8, 4) is 22.5 Å². The maximum atomic E-state index is 12.7. The van der Waals surface area contributed by atoms with Crippen LogP contribution < -0.4 is 5.32 Å². The monoisotopic (exact) mass is 383 g/mol. The number of hydrogen-bond acceptors (Lipinski definition) is 6. The molecule has 29 heavy (non-hydrogen) atoms. The molecule has 1 aliphatic rings. The minimum atomic E-state index is -0.287. The fraction of sp³-hybridized carbons (Fsp3) is 0.143. The predicted octanol–water partition coefficient (Wildman–Crippen LogP) is 3.38. The van der Waals surface area contributed by atoms with Gasteiger partial charge in [-0.05, 0) is 42.7 Å². The molecule has 0 aliphatic heterocycles. The molecule has 142 valence electrons. The minimum Gasteiger partial charge on any atom is -0.321 e. The van der Waals surface area contributed by atoms with Crippen LogP contribution in [-0.4, -0.2) is 35.6 Å². The van der Waals surface area contributed by atoms with Gasteiger partial charge in [0.1, 0.15) is 18.3 Å². The van der Waals surface area contributed by atoms with Crippen molar-refractivity contribution in [2.45, 2.75) is 18.9 Å². The largest absolute Gasteiger partial charge is 0.321 e. The van der Waals surface area contributed by atoms with Crippen LogP contribution in [0.1, 0.15) is 29.4 Å². The SMILES string of the molecule is O=C(Nc1cccc(-c2nncn2C2CC2)c1)c1cc(-c2cncnc2)ccn1. The van der Waals surface area contributed by atoms with Crippen LogP contribution in [0.5, 0.6) is 0 Å². The Labute approximate surface area is 166 Å². The molecule has 3 aromatic heterocycles. The zero-order chi connectivity index (χ0) is 19.6. The highest BCUT2D eigenvalue weighted by Gasteiger charge is 2.26. The highest BCUT2D eigenvalue weighted by molar-refractivity contribution is 6.03. The van der Waals surface area contributed by atoms with Gasteiger partial charge in [-0.25, -0.2) is 9.97 Å². The molecule has 0 atom stereocenters. The molecule has 1 fully saturated rings. The van der Waals surface area contributed by atoms with E-state index in [4.69, 9.17) is 0 Å². The average Bonchev–Trinajstić information content (AvgIpc) is 3.50. The number of amides is 1. The third-order valence-electron chi connectivity index (χ3n) is 4.78. The van der Waals surface area contributed by atoms with Crippen LogP contribution >= 0.6 is 0 Å². The molecule has 3 heterocycles. The molecule has 1 aromatic carbocycles. The first kappa shape index (κ1) is 17.2. The van der Waals surface area contributed by atoms with E-state index in [0.29, 0.717) is 17.4 Å². The van der Waals surface area contributed by atoms with Gasteiger partial charge in [-0.1, -0.05) is 12.1 Å². The van der Waals surface area contributed by atoms with Crippen molar-refractivity contribution in [2.24, 2.45) is 0 Å². The normalized spacial score (nSPS) is 13.2. The molecule has 0 unspecified atom stereocenters. The van der Waals surface area contributed by atoms with Crippen LogP contribution in [0.15, 0.2) is 67.6 Å². The smallest absolute Gasteiger partial charge is 0.274 e. The summed E-state index contributed by atoms with van der Waals surface area (Å²) in [6.07, 6.45) is 10.5. The van der Waals surface area contributed by atoms with E-state index in [1.165, 1.54) is 6.33 Å². The lowest BCUT2D eigenvalue weighted by Gasteiger charge is -2.09. The van der Waals surface area contributed by atoms with Gasteiger partial charge in [0.15, 0.2) is 5.82 Å². The summed E-state index contributed by atoms with van der Waals surface area (Å²) in [5.41, 5.74) is 3.56. The van der Waals surface area contributed by atoms with E-state index in [2.05, 4.69) is 35.0 Å². The number of anilines is 1. The van der Waals surface area contributed by atoms with Gasteiger partial charge in [-0.15, -0.1) is 10.2 Å². The summed E-state index contributed by atoms with van der Waals surface area (Å²) in [4.78, 5) is 25.0. The Hall–Kier alpha value is -3.94. The van der Waals surface area contributed by atoms with Crippen molar-refractivity contribution in [1.82, 2.24) is 29.7 Å². The fourth-order valence-corrected chi connectivity index (χ4v) is 3.18. The van der Waals surface area contributed by atoms with Gasteiger partial charge in [-0.2, -0.15) is 0 Å². The highest BCUT2D eigenvalue weighted by Crippen LogP contribution is 2.37. The summed E-state index contributed by atoms with van der Waals surface area (Å²) in [7, 11) is 0. The van der Waals surface area contributed by atoms with Crippen LogP contribution in [0, 0.1) is 0 Å². The molecule has 1 N–H and O–H groups in total. The maximum absolute atomic E-state index is 12.7. The maximum Gasteiger partial charge on any atom is 0.274 e. The second-order valence-corrected chi connectivity index (χ2v) is 6.88. The lowest BCUT2D eigenvalue weighted by Crippen LogP contribution is -2.13. The van der Waals surface area contributed by atoms with Gasteiger partial charge in [0.05, 0.1) is 0 Å². The summed E-state index contributed by atoms with van der Waals surface area (Å²) >= 11 is 0. The Kier molecular flexibility index (Phi) is 4.28. The second kappa shape index (κ2) is 7.23. The number of carbonyl (C=O) groups excluding carboxylic acids is 1. The molecule has 4 aromatic rings. The number of nitrogens with one attached hydrogen (secondary N) is 1. The van der Waals surface area contributed by atoms with Crippen LogP contribution in [0.4, 0.5) is 5.69 Å². The molecule has 1 saturated carbocycles. The lowest BCUT2D eigenvalue weighted by molar-refractivity contribution is 0.102. The number of carbonyl (C=O) groups is 1. The zero-order valence-electron chi connectivity index (χ0n) is 15.4. The first-order valence-corrected chi connectivity index (χ1v) is 9.31. The minimum absolute atomic E-state index is 0.287. The van der Waals surface area contributed by atoms with Crippen LogP contribution in [0.3, 0.4) is 0 Å². The van der Waals surface area contributed by atoms with E-state index in [0.717, 1.165) is 35.4 Å². The molecule has 0 radical (unpaired) electrons. The van der Waals surface area contributed by atoms with Gasteiger partial charge in [0.2, 0.25) is 0 Å². The second-order valence-electron chi connectivity index (χ2n) is 6.88. The van der Waals surface area contributed by atoms with Gasteiger partial charge in [-0.3, -0.25) is 9.78 Å². The Bertz CT molecular complexity index is 1170. The van der Waals surface area contributed by atoms with Gasteiger partial charge in [0, 0.05) is 41.4 Å². The van der Waals surface area contributed by atoms with E-state index in [-0.39, 0.29) is 5.91 Å². The van der Waals surface area contributed by atoms with E-state index in [9.17, 15) is 4.79 Å². The third kappa shape index (κ3) is 3.60. The van der Waals surface area contributed by atoms with Crippen molar-refractivity contribution < 1.29 is 4.79 Å². The van der Waals surface area contributed by atoms with E-state index >= 15 is 0 Å². The number of nitrogens with zero attached hydrogens (tertiary/aromatic N) is 6. The Morgan fingerprint density at radius 2 is 1.90 bits per heavy atom. The Morgan fingerprint density at radius 1 is 1.03 bits per heavy atom. The predicted molar refractivity (Wildman–Crippen MR) is 107 cm³/mol. The molecule has 8 nitrogen and oxygen atoms in total. The van der Waals surface area contributed by atoms with Gasteiger partial charge < -0.3 is 9.88 Å². The van der Waals surface area contributed by atoms with Crippen molar-refractivity contribution >= 4 is 11.6 Å². The van der Waals surface area contributed by atoms with Crippen molar-refractivity contribution in [3.05, 3.63) is 73.3 Å². The van der Waals surface area contributed by atoms with Crippen molar-refractivity contribution in [1.29, 1.82) is 0 Å². The first-order chi connectivity index (χ1) is 14.3. The molecule has 1 amide bonds. The van der Waals surface area contributed by atoms with E-state index in [1.54, 1.807) is 31.0 Å². The summed E-state index contributed by atoms with van der Waals surface area (Å²) in [6, 6.07) is 11.6. The number of pyridine rings is 1.